The van der Waals surface area contributed by atoms with Gasteiger partial charge in [-0.1, -0.05) is 51.1 Å². The molecule has 178 valence electrons. The summed E-state index contributed by atoms with van der Waals surface area (Å²) < 4.78 is 5.93. The molecule has 2 aliphatic heterocycles. The molecule has 9 heteroatoms. The van der Waals surface area contributed by atoms with Crippen molar-refractivity contribution in [2.24, 2.45) is 5.10 Å². The normalized spacial score (nSPS) is 19.3. The van der Waals surface area contributed by atoms with Gasteiger partial charge >= 0.3 is 0 Å². The van der Waals surface area contributed by atoms with Crippen molar-refractivity contribution < 1.29 is 19.1 Å². The van der Waals surface area contributed by atoms with Gasteiger partial charge in [-0.05, 0) is 40.9 Å². The lowest BCUT2D eigenvalue weighted by atomic mass is 9.87. The number of para-hydroxylation sites is 1. The van der Waals surface area contributed by atoms with Crippen LogP contribution in [0.1, 0.15) is 45.7 Å². The van der Waals surface area contributed by atoms with Crippen LogP contribution in [-0.2, 0) is 24.7 Å². The summed E-state index contributed by atoms with van der Waals surface area (Å²) in [4.78, 5) is 38.1. The number of thioether (sulfide) groups is 1. The maximum Gasteiger partial charge on any atom is 0.270 e. The molecular formula is C25H28N4O4S. The lowest BCUT2D eigenvalue weighted by Crippen LogP contribution is -2.49. The second-order valence-corrected chi connectivity index (χ2v) is 10.4. The molecule has 0 fully saturated rings. The minimum Gasteiger partial charge on any atom is -0.492 e. The van der Waals surface area contributed by atoms with Crippen molar-refractivity contribution >= 4 is 40.3 Å². The third kappa shape index (κ3) is 4.16. The predicted molar refractivity (Wildman–Crippen MR) is 132 cm³/mol. The summed E-state index contributed by atoms with van der Waals surface area (Å²) in [6.07, 6.45) is 0. The summed E-state index contributed by atoms with van der Waals surface area (Å²) in [5.41, 5.74) is 2.61. The summed E-state index contributed by atoms with van der Waals surface area (Å²) in [7, 11) is 0. The number of hydrogen-bond donors (Lipinski definition) is 1. The molecule has 0 saturated carbocycles. The second kappa shape index (κ2) is 8.79. The number of benzene rings is 2. The van der Waals surface area contributed by atoms with Gasteiger partial charge in [0.2, 0.25) is 16.7 Å². The number of nitrogens with zero attached hydrogens (tertiary/aromatic N) is 3. The molecule has 1 atom stereocenters. The molecule has 1 N–H and O–H groups in total. The molecule has 1 spiro atoms. The van der Waals surface area contributed by atoms with Crippen molar-refractivity contribution in [1.82, 2.24) is 10.3 Å². The number of carbonyl (C=O) groups is 3. The predicted octanol–water partition coefficient (Wildman–Crippen LogP) is 3.56. The Labute approximate surface area is 203 Å². The molecule has 1 unspecified atom stereocenters. The molecule has 2 aromatic carbocycles. The largest absolute Gasteiger partial charge is 0.492 e. The molecule has 3 amide bonds. The molecular weight excluding hydrogens is 452 g/mol. The SMILES string of the molecule is CC(=O)NC1=NN(C(C)=O)C2(S1)C(=O)N(CCOc1ccc(C(C)(C)C)cc1)c1ccccc12. The van der Waals surface area contributed by atoms with Gasteiger partial charge < -0.3 is 15.0 Å². The number of amides is 3. The highest BCUT2D eigenvalue weighted by Crippen LogP contribution is 2.54. The van der Waals surface area contributed by atoms with Crippen molar-refractivity contribution in [3.8, 4) is 5.75 Å². The van der Waals surface area contributed by atoms with Crippen LogP contribution in [0.2, 0.25) is 0 Å². The van der Waals surface area contributed by atoms with Crippen molar-refractivity contribution in [2.75, 3.05) is 18.1 Å². The van der Waals surface area contributed by atoms with Gasteiger partial charge in [-0.3, -0.25) is 14.4 Å². The smallest absolute Gasteiger partial charge is 0.270 e. The van der Waals surface area contributed by atoms with E-state index in [0.717, 1.165) is 22.5 Å². The van der Waals surface area contributed by atoms with Gasteiger partial charge in [-0.25, -0.2) is 0 Å². The van der Waals surface area contributed by atoms with E-state index in [0.29, 0.717) is 17.8 Å². The van der Waals surface area contributed by atoms with E-state index in [1.807, 2.05) is 48.5 Å². The number of carbonyl (C=O) groups excluding carboxylic acids is 3. The Hall–Kier alpha value is -3.33. The standard InChI is InChI=1S/C25H28N4O4S/c1-16(30)26-23-27-29(17(2)31)25(34-23)20-8-6-7-9-21(20)28(22(25)32)14-15-33-19-12-10-18(11-13-19)24(3,4)5/h6-13H,14-15H2,1-5H3,(H,26,27,30). The molecule has 0 saturated heterocycles. The molecule has 2 aliphatic rings. The lowest BCUT2D eigenvalue weighted by Gasteiger charge is -2.29. The van der Waals surface area contributed by atoms with Gasteiger partial charge in [0, 0.05) is 19.4 Å². The van der Waals surface area contributed by atoms with Crippen LogP contribution in [0.3, 0.4) is 0 Å². The second-order valence-electron chi connectivity index (χ2n) is 9.26. The Balaban J connectivity index is 1.56. The topological polar surface area (TPSA) is 91.3 Å². The fraction of sp³-hybridized carbons (Fsp3) is 0.360. The average molecular weight is 481 g/mol. The Morgan fingerprint density at radius 3 is 2.38 bits per heavy atom. The van der Waals surface area contributed by atoms with Crippen LogP contribution in [-0.4, -0.2) is 41.0 Å². The van der Waals surface area contributed by atoms with E-state index in [4.69, 9.17) is 4.74 Å². The zero-order valence-corrected chi connectivity index (χ0v) is 20.7. The fourth-order valence-electron chi connectivity index (χ4n) is 4.09. The Bertz CT molecular complexity index is 1170. The molecule has 2 aromatic rings. The van der Waals surface area contributed by atoms with Gasteiger partial charge in [0.15, 0.2) is 5.17 Å². The maximum absolute atomic E-state index is 13.8. The highest BCUT2D eigenvalue weighted by atomic mass is 32.2. The first-order chi connectivity index (χ1) is 16.0. The zero-order chi connectivity index (χ0) is 24.7. The van der Waals surface area contributed by atoms with E-state index in [1.54, 1.807) is 4.90 Å². The zero-order valence-electron chi connectivity index (χ0n) is 19.9. The van der Waals surface area contributed by atoms with Crippen LogP contribution in [0.25, 0.3) is 0 Å². The highest BCUT2D eigenvalue weighted by molar-refractivity contribution is 8.15. The summed E-state index contributed by atoms with van der Waals surface area (Å²) in [5.74, 6) is -0.300. The first-order valence-electron chi connectivity index (χ1n) is 11.0. The molecule has 0 bridgehead atoms. The number of rotatable bonds is 4. The summed E-state index contributed by atoms with van der Waals surface area (Å²) in [5, 5.41) is 8.24. The number of nitrogens with one attached hydrogen (secondary N) is 1. The molecule has 2 heterocycles. The Kier molecular flexibility index (Phi) is 6.16. The van der Waals surface area contributed by atoms with Crippen LogP contribution in [0.15, 0.2) is 53.6 Å². The van der Waals surface area contributed by atoms with E-state index in [1.165, 1.54) is 19.4 Å². The molecule has 34 heavy (non-hydrogen) atoms. The first-order valence-corrected chi connectivity index (χ1v) is 11.9. The van der Waals surface area contributed by atoms with E-state index in [-0.39, 0.29) is 29.0 Å². The van der Waals surface area contributed by atoms with E-state index < -0.39 is 10.8 Å². The summed E-state index contributed by atoms with van der Waals surface area (Å²) in [6, 6.07) is 15.3. The van der Waals surface area contributed by atoms with Crippen molar-refractivity contribution in [1.29, 1.82) is 0 Å². The lowest BCUT2D eigenvalue weighted by molar-refractivity contribution is -0.139. The van der Waals surface area contributed by atoms with Gasteiger partial charge in [-0.2, -0.15) is 5.01 Å². The third-order valence-electron chi connectivity index (χ3n) is 5.71. The monoisotopic (exact) mass is 480 g/mol. The number of anilines is 1. The van der Waals surface area contributed by atoms with Crippen LogP contribution in [0.5, 0.6) is 5.75 Å². The minimum atomic E-state index is -1.39. The van der Waals surface area contributed by atoms with Crippen LogP contribution < -0.4 is 15.0 Å². The Morgan fingerprint density at radius 2 is 1.76 bits per heavy atom. The number of amidine groups is 1. The van der Waals surface area contributed by atoms with Crippen molar-refractivity contribution in [3.05, 3.63) is 59.7 Å². The van der Waals surface area contributed by atoms with Gasteiger partial charge in [0.1, 0.15) is 12.4 Å². The van der Waals surface area contributed by atoms with Crippen molar-refractivity contribution in [3.63, 3.8) is 0 Å². The summed E-state index contributed by atoms with van der Waals surface area (Å²) in [6.45, 7) is 9.74. The number of ether oxygens (including phenoxy) is 1. The van der Waals surface area contributed by atoms with Gasteiger partial charge in [-0.15, -0.1) is 5.10 Å². The quantitative estimate of drug-likeness (QED) is 0.723. The molecule has 4 rings (SSSR count). The Morgan fingerprint density at radius 1 is 1.09 bits per heavy atom. The minimum absolute atomic E-state index is 0.0538. The van der Waals surface area contributed by atoms with Gasteiger partial charge in [0.05, 0.1) is 12.2 Å². The number of hydrogen-bond acceptors (Lipinski definition) is 6. The number of hydrazone groups is 1. The molecule has 0 radical (unpaired) electrons. The maximum atomic E-state index is 13.8. The van der Waals surface area contributed by atoms with Crippen molar-refractivity contribution in [2.45, 2.75) is 44.9 Å². The summed E-state index contributed by atoms with van der Waals surface area (Å²) >= 11 is 1.06. The molecule has 0 aromatic heterocycles. The number of fused-ring (bicyclic) bond motifs is 2. The van der Waals surface area contributed by atoms with Crippen LogP contribution in [0.4, 0.5) is 5.69 Å². The van der Waals surface area contributed by atoms with E-state index in [9.17, 15) is 14.4 Å². The molecule has 0 aliphatic carbocycles. The first kappa shape index (κ1) is 23.8. The van der Waals surface area contributed by atoms with Crippen LogP contribution >= 0.6 is 11.8 Å². The average Bonchev–Trinajstić information content (AvgIpc) is 3.25. The third-order valence-corrected chi connectivity index (χ3v) is 6.95. The van der Waals surface area contributed by atoms with E-state index >= 15 is 0 Å². The molecule has 8 nitrogen and oxygen atoms in total. The van der Waals surface area contributed by atoms with E-state index in [2.05, 4.69) is 31.2 Å². The van der Waals surface area contributed by atoms with Crippen LogP contribution in [0, 0.1) is 0 Å². The van der Waals surface area contributed by atoms with Gasteiger partial charge in [0.25, 0.3) is 5.91 Å². The highest BCUT2D eigenvalue weighted by Gasteiger charge is 2.61. The fourth-order valence-corrected chi connectivity index (χ4v) is 5.43.